The van der Waals surface area contributed by atoms with Gasteiger partial charge in [-0.1, -0.05) is 66.2 Å². The van der Waals surface area contributed by atoms with Crippen LogP contribution >= 0.6 is 0 Å². The lowest BCUT2D eigenvalue weighted by atomic mass is 9.79. The summed E-state index contributed by atoms with van der Waals surface area (Å²) in [6.07, 6.45) is 5.36. The summed E-state index contributed by atoms with van der Waals surface area (Å²) >= 11 is 0. The molecular weight excluding hydrogens is 256 g/mol. The fourth-order valence-electron chi connectivity index (χ4n) is 3.02. The molecular formula is C20H20O. The Labute approximate surface area is 126 Å². The quantitative estimate of drug-likeness (QED) is 0.716. The van der Waals surface area contributed by atoms with E-state index in [-0.39, 0.29) is 11.7 Å². The highest BCUT2D eigenvalue weighted by Crippen LogP contribution is 2.34. The predicted octanol–water partition coefficient (Wildman–Crippen LogP) is 5.06. The van der Waals surface area contributed by atoms with Crippen molar-refractivity contribution >= 4 is 11.4 Å². The normalized spacial score (nSPS) is 18.1. The number of allylic oxidation sites excluding steroid dienone is 2. The lowest BCUT2D eigenvalue weighted by Gasteiger charge is -2.23. The SMILES string of the molecule is Cc1ccc(C(=O)C2CCCC=C2c2ccccc2)cc1. The second kappa shape index (κ2) is 6.09. The monoisotopic (exact) mass is 276 g/mol. The average molecular weight is 276 g/mol. The Morgan fingerprint density at radius 1 is 1.00 bits per heavy atom. The van der Waals surface area contributed by atoms with Crippen molar-refractivity contribution < 1.29 is 4.79 Å². The second-order valence-electron chi connectivity index (χ2n) is 5.74. The van der Waals surface area contributed by atoms with Crippen molar-refractivity contribution in [3.8, 4) is 0 Å². The molecule has 0 aromatic heterocycles. The van der Waals surface area contributed by atoms with Crippen molar-refractivity contribution in [3.63, 3.8) is 0 Å². The molecule has 0 radical (unpaired) electrons. The molecule has 0 saturated heterocycles. The fraction of sp³-hybridized carbons (Fsp3) is 0.250. The number of Topliss-reactive ketones (excluding diaryl/α,β-unsaturated/α-hetero) is 1. The molecule has 0 aliphatic heterocycles. The summed E-state index contributed by atoms with van der Waals surface area (Å²) < 4.78 is 0. The molecule has 1 aliphatic rings. The smallest absolute Gasteiger partial charge is 0.170 e. The zero-order valence-corrected chi connectivity index (χ0v) is 12.4. The Morgan fingerprint density at radius 3 is 2.43 bits per heavy atom. The van der Waals surface area contributed by atoms with Gasteiger partial charge in [0.2, 0.25) is 0 Å². The zero-order valence-electron chi connectivity index (χ0n) is 12.4. The van der Waals surface area contributed by atoms with Crippen LogP contribution in [0.15, 0.2) is 60.7 Å². The van der Waals surface area contributed by atoms with Gasteiger partial charge in [-0.2, -0.15) is 0 Å². The van der Waals surface area contributed by atoms with Gasteiger partial charge in [-0.05, 0) is 37.3 Å². The summed E-state index contributed by atoms with van der Waals surface area (Å²) in [6, 6.07) is 18.2. The van der Waals surface area contributed by atoms with Gasteiger partial charge in [0.1, 0.15) is 0 Å². The number of hydrogen-bond acceptors (Lipinski definition) is 1. The Morgan fingerprint density at radius 2 is 1.71 bits per heavy atom. The van der Waals surface area contributed by atoms with Crippen LogP contribution in [0.3, 0.4) is 0 Å². The molecule has 3 rings (SSSR count). The average Bonchev–Trinajstić information content (AvgIpc) is 2.56. The second-order valence-corrected chi connectivity index (χ2v) is 5.74. The minimum Gasteiger partial charge on any atom is -0.293 e. The summed E-state index contributed by atoms with van der Waals surface area (Å²) in [5.41, 5.74) is 4.40. The van der Waals surface area contributed by atoms with E-state index in [1.54, 1.807) is 0 Å². The number of benzene rings is 2. The lowest BCUT2D eigenvalue weighted by molar-refractivity contribution is 0.0942. The zero-order chi connectivity index (χ0) is 14.7. The summed E-state index contributed by atoms with van der Waals surface area (Å²) in [4.78, 5) is 12.9. The molecule has 0 N–H and O–H groups in total. The molecule has 1 unspecified atom stereocenters. The highest BCUT2D eigenvalue weighted by atomic mass is 16.1. The third kappa shape index (κ3) is 2.97. The van der Waals surface area contributed by atoms with Gasteiger partial charge in [0.25, 0.3) is 0 Å². The Bertz CT molecular complexity index is 650. The number of ketones is 1. The molecule has 0 fully saturated rings. The van der Waals surface area contributed by atoms with Crippen molar-refractivity contribution in [2.45, 2.75) is 26.2 Å². The van der Waals surface area contributed by atoms with Gasteiger partial charge >= 0.3 is 0 Å². The van der Waals surface area contributed by atoms with Crippen LogP contribution in [0.2, 0.25) is 0 Å². The van der Waals surface area contributed by atoms with E-state index in [1.807, 2.05) is 49.4 Å². The maximum Gasteiger partial charge on any atom is 0.170 e. The van der Waals surface area contributed by atoms with Crippen LogP contribution in [0.5, 0.6) is 0 Å². The molecule has 0 amide bonds. The molecule has 0 saturated carbocycles. The maximum atomic E-state index is 12.9. The van der Waals surface area contributed by atoms with Crippen LogP contribution in [-0.2, 0) is 0 Å². The highest BCUT2D eigenvalue weighted by Gasteiger charge is 2.26. The molecule has 1 heteroatoms. The van der Waals surface area contributed by atoms with Gasteiger partial charge in [0.05, 0.1) is 0 Å². The molecule has 0 bridgehead atoms. The van der Waals surface area contributed by atoms with Gasteiger partial charge < -0.3 is 0 Å². The van der Waals surface area contributed by atoms with Crippen molar-refractivity contribution in [2.75, 3.05) is 0 Å². The van der Waals surface area contributed by atoms with E-state index >= 15 is 0 Å². The predicted molar refractivity (Wildman–Crippen MR) is 87.3 cm³/mol. The number of carbonyl (C=O) groups excluding carboxylic acids is 1. The van der Waals surface area contributed by atoms with Crippen LogP contribution in [0, 0.1) is 12.8 Å². The summed E-state index contributed by atoms with van der Waals surface area (Å²) in [5.74, 6) is 0.258. The molecule has 106 valence electrons. The van der Waals surface area contributed by atoms with Crippen LogP contribution < -0.4 is 0 Å². The Hall–Kier alpha value is -2.15. The number of hydrogen-bond donors (Lipinski definition) is 0. The van der Waals surface area contributed by atoms with Crippen LogP contribution in [0.25, 0.3) is 5.57 Å². The van der Waals surface area contributed by atoms with E-state index in [0.717, 1.165) is 24.8 Å². The molecule has 2 aromatic rings. The van der Waals surface area contributed by atoms with Gasteiger partial charge in [-0.15, -0.1) is 0 Å². The maximum absolute atomic E-state index is 12.9. The topological polar surface area (TPSA) is 17.1 Å². The summed E-state index contributed by atoms with van der Waals surface area (Å²) in [5, 5.41) is 0. The van der Waals surface area contributed by atoms with Gasteiger partial charge in [0.15, 0.2) is 5.78 Å². The molecule has 2 aromatic carbocycles. The number of aryl methyl sites for hydroxylation is 1. The molecule has 0 heterocycles. The fourth-order valence-corrected chi connectivity index (χ4v) is 3.02. The molecule has 0 spiro atoms. The Balaban J connectivity index is 1.92. The van der Waals surface area contributed by atoms with Crippen molar-refractivity contribution in [1.29, 1.82) is 0 Å². The summed E-state index contributed by atoms with van der Waals surface area (Å²) in [7, 11) is 0. The molecule has 21 heavy (non-hydrogen) atoms. The number of carbonyl (C=O) groups is 1. The van der Waals surface area contributed by atoms with E-state index in [0.29, 0.717) is 0 Å². The van der Waals surface area contributed by atoms with Crippen LogP contribution in [-0.4, -0.2) is 5.78 Å². The molecule has 1 aliphatic carbocycles. The standard InChI is InChI=1S/C20H20O/c1-15-11-13-17(14-12-15)20(21)19-10-6-5-9-18(19)16-7-3-2-4-8-16/h2-4,7-9,11-14,19H,5-6,10H2,1H3. The first kappa shape index (κ1) is 13.8. The van der Waals surface area contributed by atoms with Gasteiger partial charge in [-0.25, -0.2) is 0 Å². The lowest BCUT2D eigenvalue weighted by Crippen LogP contribution is -2.19. The first-order valence-corrected chi connectivity index (χ1v) is 7.62. The highest BCUT2D eigenvalue weighted by molar-refractivity contribution is 6.04. The third-order valence-electron chi connectivity index (χ3n) is 4.20. The van der Waals surface area contributed by atoms with Gasteiger partial charge in [-0.3, -0.25) is 4.79 Å². The van der Waals surface area contributed by atoms with Crippen molar-refractivity contribution in [3.05, 3.63) is 77.4 Å². The minimum absolute atomic E-state index is 0.00357. The van der Waals surface area contributed by atoms with Crippen molar-refractivity contribution in [1.82, 2.24) is 0 Å². The van der Waals surface area contributed by atoms with E-state index in [4.69, 9.17) is 0 Å². The minimum atomic E-state index is 0.00357. The largest absolute Gasteiger partial charge is 0.293 e. The van der Waals surface area contributed by atoms with E-state index < -0.39 is 0 Å². The van der Waals surface area contributed by atoms with Crippen molar-refractivity contribution in [2.24, 2.45) is 5.92 Å². The Kier molecular flexibility index (Phi) is 4.01. The van der Waals surface area contributed by atoms with E-state index in [9.17, 15) is 4.79 Å². The van der Waals surface area contributed by atoms with Gasteiger partial charge in [0, 0.05) is 11.5 Å². The van der Waals surface area contributed by atoms with Crippen LogP contribution in [0.1, 0.15) is 40.7 Å². The molecule has 1 nitrogen and oxygen atoms in total. The first-order chi connectivity index (χ1) is 10.3. The summed E-state index contributed by atoms with van der Waals surface area (Å²) in [6.45, 7) is 2.05. The third-order valence-corrected chi connectivity index (χ3v) is 4.20. The first-order valence-electron chi connectivity index (χ1n) is 7.62. The number of rotatable bonds is 3. The van der Waals surface area contributed by atoms with E-state index in [1.165, 1.54) is 16.7 Å². The molecule has 1 atom stereocenters. The van der Waals surface area contributed by atoms with Crippen LogP contribution in [0.4, 0.5) is 0 Å². The van der Waals surface area contributed by atoms with E-state index in [2.05, 4.69) is 18.2 Å².